The van der Waals surface area contributed by atoms with Gasteiger partial charge in [-0.15, -0.1) is 0 Å². The number of esters is 1. The largest absolute Gasteiger partial charge is 0.425 e. The second-order valence-electron chi connectivity index (χ2n) is 5.72. The Morgan fingerprint density at radius 2 is 1.91 bits per heavy atom. The number of carbonyl (C=O) groups is 1. The van der Waals surface area contributed by atoms with Crippen LogP contribution in [-0.2, 0) is 11.2 Å². The topological polar surface area (TPSA) is 39.2 Å². The van der Waals surface area contributed by atoms with E-state index in [1.165, 1.54) is 0 Å². The predicted octanol–water partition coefficient (Wildman–Crippen LogP) is 4.34. The molecule has 2 rings (SSSR count). The van der Waals surface area contributed by atoms with Crippen molar-refractivity contribution in [2.24, 2.45) is 5.92 Å². The van der Waals surface area contributed by atoms with Gasteiger partial charge in [0.2, 0.25) is 0 Å². The Morgan fingerprint density at radius 3 is 2.50 bits per heavy atom. The van der Waals surface area contributed by atoms with E-state index in [0.29, 0.717) is 23.1 Å². The van der Waals surface area contributed by atoms with Gasteiger partial charge in [-0.3, -0.25) is 9.78 Å². The molecule has 0 atom stereocenters. The summed E-state index contributed by atoms with van der Waals surface area (Å²) in [5.41, 5.74) is 1.66. The van der Waals surface area contributed by atoms with Gasteiger partial charge in [0.05, 0.1) is 5.52 Å². The SMILES string of the molecule is CCc1nc2cc(F)c(F)cc2c(OC(=O)CC(C)C)c1C. The summed E-state index contributed by atoms with van der Waals surface area (Å²) in [6.45, 7) is 7.49. The molecule has 0 aliphatic rings. The quantitative estimate of drug-likeness (QED) is 0.789. The molecule has 0 radical (unpaired) electrons. The van der Waals surface area contributed by atoms with Crippen LogP contribution in [0.1, 0.15) is 38.4 Å². The number of nitrogens with zero attached hydrogens (tertiary/aromatic N) is 1. The maximum Gasteiger partial charge on any atom is 0.311 e. The van der Waals surface area contributed by atoms with Crippen LogP contribution < -0.4 is 4.74 Å². The van der Waals surface area contributed by atoms with Crippen LogP contribution in [0, 0.1) is 24.5 Å². The summed E-state index contributed by atoms with van der Waals surface area (Å²) in [6.07, 6.45) is 0.865. The first-order valence-electron chi connectivity index (χ1n) is 7.32. The third-order valence-electron chi connectivity index (χ3n) is 3.44. The Morgan fingerprint density at radius 1 is 1.27 bits per heavy atom. The second-order valence-corrected chi connectivity index (χ2v) is 5.72. The van der Waals surface area contributed by atoms with Crippen LogP contribution >= 0.6 is 0 Å². The Bertz CT molecular complexity index is 726. The van der Waals surface area contributed by atoms with E-state index in [4.69, 9.17) is 4.74 Å². The maximum absolute atomic E-state index is 13.5. The molecule has 118 valence electrons. The number of hydrogen-bond acceptors (Lipinski definition) is 3. The number of carbonyl (C=O) groups excluding carboxylic acids is 1. The number of halogens is 2. The number of rotatable bonds is 4. The van der Waals surface area contributed by atoms with E-state index in [9.17, 15) is 13.6 Å². The number of ether oxygens (including phenoxy) is 1. The van der Waals surface area contributed by atoms with Crippen LogP contribution in [0.4, 0.5) is 8.78 Å². The fourth-order valence-corrected chi connectivity index (χ4v) is 2.34. The van der Waals surface area contributed by atoms with E-state index in [1.807, 2.05) is 20.8 Å². The Hall–Kier alpha value is -2.04. The molecule has 1 aromatic carbocycles. The number of fused-ring (bicyclic) bond motifs is 1. The fraction of sp³-hybridized carbons (Fsp3) is 0.412. The minimum absolute atomic E-state index is 0.153. The van der Waals surface area contributed by atoms with Gasteiger partial charge in [0.25, 0.3) is 0 Å². The minimum atomic E-state index is -0.987. The van der Waals surface area contributed by atoms with Gasteiger partial charge in [-0.25, -0.2) is 8.78 Å². The molecular formula is C17H19F2NO2. The van der Waals surface area contributed by atoms with Gasteiger partial charge in [-0.2, -0.15) is 0 Å². The molecule has 0 N–H and O–H groups in total. The van der Waals surface area contributed by atoms with Crippen molar-refractivity contribution in [1.82, 2.24) is 4.98 Å². The zero-order valence-corrected chi connectivity index (χ0v) is 13.2. The first-order valence-corrected chi connectivity index (χ1v) is 7.32. The summed E-state index contributed by atoms with van der Waals surface area (Å²) < 4.78 is 32.4. The molecule has 0 amide bonds. The molecule has 0 aliphatic carbocycles. The van der Waals surface area contributed by atoms with Crippen LogP contribution in [-0.4, -0.2) is 11.0 Å². The van der Waals surface area contributed by atoms with Crippen LogP contribution in [0.5, 0.6) is 5.75 Å². The molecule has 3 nitrogen and oxygen atoms in total. The normalized spacial score (nSPS) is 11.2. The van der Waals surface area contributed by atoms with Crippen LogP contribution in [0.15, 0.2) is 12.1 Å². The molecule has 0 saturated heterocycles. The highest BCUT2D eigenvalue weighted by Crippen LogP contribution is 2.32. The molecule has 0 unspecified atom stereocenters. The number of aryl methyl sites for hydroxylation is 1. The van der Waals surface area contributed by atoms with Crippen molar-refractivity contribution in [3.8, 4) is 5.75 Å². The molecule has 5 heteroatoms. The number of aromatic nitrogens is 1. The van der Waals surface area contributed by atoms with E-state index in [1.54, 1.807) is 6.92 Å². The smallest absolute Gasteiger partial charge is 0.311 e. The predicted molar refractivity (Wildman–Crippen MR) is 80.9 cm³/mol. The molecule has 0 aliphatic heterocycles. The standard InChI is InChI=1S/C17H19F2NO2/c1-5-14-10(4)17(22-16(21)6-9(2)3)11-7-12(18)13(19)8-15(11)20-14/h7-9H,5-6H2,1-4H3. The average molecular weight is 307 g/mol. The zero-order chi connectivity index (χ0) is 16.4. The van der Waals surface area contributed by atoms with Crippen LogP contribution in [0.25, 0.3) is 10.9 Å². The summed E-state index contributed by atoms with van der Waals surface area (Å²) in [4.78, 5) is 16.3. The molecule has 0 bridgehead atoms. The third kappa shape index (κ3) is 3.24. The molecule has 0 saturated carbocycles. The van der Waals surface area contributed by atoms with Gasteiger partial charge in [0.1, 0.15) is 5.75 Å². The lowest BCUT2D eigenvalue weighted by atomic mass is 10.1. The van der Waals surface area contributed by atoms with E-state index < -0.39 is 17.6 Å². The second kappa shape index (κ2) is 6.38. The van der Waals surface area contributed by atoms with E-state index in [2.05, 4.69) is 4.98 Å². The summed E-state index contributed by atoms with van der Waals surface area (Å²) in [6, 6.07) is 2.06. The number of benzene rings is 1. The van der Waals surface area contributed by atoms with Gasteiger partial charge < -0.3 is 4.74 Å². The first kappa shape index (κ1) is 16.3. The lowest BCUT2D eigenvalue weighted by molar-refractivity contribution is -0.135. The van der Waals surface area contributed by atoms with Crippen LogP contribution in [0.3, 0.4) is 0 Å². The monoisotopic (exact) mass is 307 g/mol. The Balaban J connectivity index is 2.60. The third-order valence-corrected chi connectivity index (χ3v) is 3.44. The van der Waals surface area contributed by atoms with Gasteiger partial charge >= 0.3 is 5.97 Å². The molecular weight excluding hydrogens is 288 g/mol. The number of hydrogen-bond donors (Lipinski definition) is 0. The van der Waals surface area contributed by atoms with E-state index >= 15 is 0 Å². The van der Waals surface area contributed by atoms with Crippen molar-refractivity contribution < 1.29 is 18.3 Å². The lowest BCUT2D eigenvalue weighted by Gasteiger charge is -2.14. The highest BCUT2D eigenvalue weighted by Gasteiger charge is 2.18. The lowest BCUT2D eigenvalue weighted by Crippen LogP contribution is -2.13. The van der Waals surface area contributed by atoms with Gasteiger partial charge in [0, 0.05) is 29.1 Å². The van der Waals surface area contributed by atoms with Gasteiger partial charge in [-0.05, 0) is 25.3 Å². The summed E-state index contributed by atoms with van der Waals surface area (Å²) >= 11 is 0. The highest BCUT2D eigenvalue weighted by atomic mass is 19.2. The molecule has 0 spiro atoms. The molecule has 2 aromatic rings. The van der Waals surface area contributed by atoms with Crippen molar-refractivity contribution in [3.63, 3.8) is 0 Å². The number of pyridine rings is 1. The molecule has 22 heavy (non-hydrogen) atoms. The fourth-order valence-electron chi connectivity index (χ4n) is 2.34. The average Bonchev–Trinajstić information content (AvgIpc) is 2.43. The van der Waals surface area contributed by atoms with Gasteiger partial charge in [-0.1, -0.05) is 20.8 Å². The van der Waals surface area contributed by atoms with Gasteiger partial charge in [0.15, 0.2) is 11.6 Å². The van der Waals surface area contributed by atoms with Crippen molar-refractivity contribution in [2.75, 3.05) is 0 Å². The summed E-state index contributed by atoms with van der Waals surface area (Å²) in [5, 5.41) is 0.311. The van der Waals surface area contributed by atoms with Crippen molar-refractivity contribution in [1.29, 1.82) is 0 Å². The maximum atomic E-state index is 13.5. The molecule has 0 fully saturated rings. The zero-order valence-electron chi connectivity index (χ0n) is 13.2. The Labute approximate surface area is 128 Å². The summed E-state index contributed by atoms with van der Waals surface area (Å²) in [7, 11) is 0. The van der Waals surface area contributed by atoms with Crippen LogP contribution in [0.2, 0.25) is 0 Å². The Kier molecular flexibility index (Phi) is 4.74. The molecule has 1 heterocycles. The van der Waals surface area contributed by atoms with Crippen molar-refractivity contribution >= 4 is 16.9 Å². The molecule has 1 aromatic heterocycles. The summed E-state index contributed by atoms with van der Waals surface area (Å²) in [5.74, 6) is -1.92. The van der Waals surface area contributed by atoms with E-state index in [-0.39, 0.29) is 23.6 Å². The van der Waals surface area contributed by atoms with Crippen molar-refractivity contribution in [2.45, 2.75) is 40.5 Å². The minimum Gasteiger partial charge on any atom is -0.425 e. The highest BCUT2D eigenvalue weighted by molar-refractivity contribution is 5.89. The van der Waals surface area contributed by atoms with Crippen molar-refractivity contribution in [3.05, 3.63) is 35.0 Å². The first-order chi connectivity index (χ1) is 10.3. The van der Waals surface area contributed by atoms with E-state index in [0.717, 1.165) is 12.1 Å².